The van der Waals surface area contributed by atoms with Crippen LogP contribution in [0.4, 0.5) is 14.5 Å². The van der Waals surface area contributed by atoms with Crippen LogP contribution in [0.1, 0.15) is 29.7 Å². The Bertz CT molecular complexity index is 1250. The van der Waals surface area contributed by atoms with Crippen molar-refractivity contribution in [2.45, 2.75) is 43.1 Å². The molecule has 9 heteroatoms. The summed E-state index contributed by atoms with van der Waals surface area (Å²) in [5, 5.41) is -0.633. The first-order chi connectivity index (χ1) is 16.2. The van der Waals surface area contributed by atoms with E-state index in [0.717, 1.165) is 38.5 Å². The van der Waals surface area contributed by atoms with Crippen LogP contribution in [-0.2, 0) is 22.1 Å². The molecule has 1 saturated heterocycles. The number of sulfone groups is 1. The standard InChI is InChI=1S/C25H28F2N4O2S/c1-18-22(30(2)21-11-13-31(14-12-21)16-19-7-4-3-5-8-19)15-28-25(24(18)27)34(32,33)17-20-9-6-10-23(26)29-20/h3-10,15,21H,11-14,16-17H2,1-2H3. The van der Waals surface area contributed by atoms with Gasteiger partial charge in [-0.05, 0) is 37.5 Å². The molecule has 0 spiro atoms. The zero-order chi connectivity index (χ0) is 24.3. The van der Waals surface area contributed by atoms with Crippen LogP contribution in [0.2, 0.25) is 0 Å². The summed E-state index contributed by atoms with van der Waals surface area (Å²) in [7, 11) is -2.23. The maximum atomic E-state index is 15.2. The van der Waals surface area contributed by atoms with E-state index in [-0.39, 0.29) is 17.3 Å². The van der Waals surface area contributed by atoms with E-state index in [4.69, 9.17) is 0 Å². The number of hydrogen-bond donors (Lipinski definition) is 0. The molecule has 1 aromatic carbocycles. The van der Waals surface area contributed by atoms with Crippen molar-refractivity contribution in [3.8, 4) is 0 Å². The van der Waals surface area contributed by atoms with Gasteiger partial charge in [-0.3, -0.25) is 4.90 Å². The van der Waals surface area contributed by atoms with Crippen LogP contribution < -0.4 is 4.90 Å². The first-order valence-corrected chi connectivity index (χ1v) is 12.9. The topological polar surface area (TPSA) is 66.4 Å². The zero-order valence-corrected chi connectivity index (χ0v) is 20.1. The molecule has 3 aromatic rings. The highest BCUT2D eigenvalue weighted by Gasteiger charge is 2.28. The van der Waals surface area contributed by atoms with E-state index < -0.39 is 32.4 Å². The van der Waals surface area contributed by atoms with Gasteiger partial charge in [0.05, 0.1) is 23.3 Å². The van der Waals surface area contributed by atoms with Gasteiger partial charge in [-0.1, -0.05) is 36.4 Å². The van der Waals surface area contributed by atoms with E-state index in [0.29, 0.717) is 5.69 Å². The van der Waals surface area contributed by atoms with Crippen LogP contribution in [0.25, 0.3) is 0 Å². The maximum absolute atomic E-state index is 15.2. The van der Waals surface area contributed by atoms with Crippen molar-refractivity contribution >= 4 is 15.5 Å². The summed E-state index contributed by atoms with van der Waals surface area (Å²) in [5.74, 6) is -2.28. The lowest BCUT2D eigenvalue weighted by Crippen LogP contribution is -2.43. The van der Waals surface area contributed by atoms with Crippen molar-refractivity contribution < 1.29 is 17.2 Å². The number of likely N-dealkylation sites (tertiary alicyclic amines) is 1. The van der Waals surface area contributed by atoms with Crippen molar-refractivity contribution in [1.82, 2.24) is 14.9 Å². The molecule has 34 heavy (non-hydrogen) atoms. The molecular weight excluding hydrogens is 458 g/mol. The van der Waals surface area contributed by atoms with Crippen molar-refractivity contribution in [2.24, 2.45) is 0 Å². The molecule has 1 fully saturated rings. The Morgan fingerprint density at radius 1 is 1.06 bits per heavy atom. The minimum atomic E-state index is -4.13. The SMILES string of the molecule is Cc1c(N(C)C2CCN(Cc3ccccc3)CC2)cnc(S(=O)(=O)Cc2cccc(F)n2)c1F. The fraction of sp³-hybridized carbons (Fsp3) is 0.360. The van der Waals surface area contributed by atoms with Crippen LogP contribution in [0.5, 0.6) is 0 Å². The molecule has 0 saturated carbocycles. The molecule has 0 aliphatic carbocycles. The van der Waals surface area contributed by atoms with Crippen LogP contribution >= 0.6 is 0 Å². The summed E-state index contributed by atoms with van der Waals surface area (Å²) in [6.07, 6.45) is 3.24. The van der Waals surface area contributed by atoms with Crippen LogP contribution in [0.3, 0.4) is 0 Å². The third-order valence-electron chi connectivity index (χ3n) is 6.34. The predicted octanol–water partition coefficient (Wildman–Crippen LogP) is 4.14. The number of piperidine rings is 1. The average molecular weight is 487 g/mol. The predicted molar refractivity (Wildman–Crippen MR) is 127 cm³/mol. The number of halogens is 2. The zero-order valence-electron chi connectivity index (χ0n) is 19.3. The van der Waals surface area contributed by atoms with Crippen molar-refractivity contribution in [3.63, 3.8) is 0 Å². The van der Waals surface area contributed by atoms with E-state index in [1.165, 1.54) is 23.9 Å². The summed E-state index contributed by atoms with van der Waals surface area (Å²) in [5.41, 5.74) is 2.08. The lowest BCUT2D eigenvalue weighted by Gasteiger charge is -2.38. The van der Waals surface area contributed by atoms with Gasteiger partial charge in [0.1, 0.15) is 0 Å². The Morgan fingerprint density at radius 2 is 1.76 bits per heavy atom. The molecule has 4 rings (SSSR count). The summed E-state index contributed by atoms with van der Waals surface area (Å²) in [6, 6.07) is 14.4. The van der Waals surface area contributed by atoms with Crippen molar-refractivity contribution in [3.05, 3.63) is 83.3 Å². The minimum Gasteiger partial charge on any atom is -0.370 e. The Kier molecular flexibility index (Phi) is 7.23. The molecule has 0 amide bonds. The van der Waals surface area contributed by atoms with Gasteiger partial charge >= 0.3 is 0 Å². The number of anilines is 1. The molecular formula is C25H28F2N4O2S. The van der Waals surface area contributed by atoms with Gasteiger partial charge in [-0.25, -0.2) is 22.8 Å². The van der Waals surface area contributed by atoms with E-state index in [1.807, 2.05) is 30.1 Å². The molecule has 0 atom stereocenters. The minimum absolute atomic E-state index is 0.00214. The fourth-order valence-corrected chi connectivity index (χ4v) is 5.74. The summed E-state index contributed by atoms with van der Waals surface area (Å²) < 4.78 is 54.1. The maximum Gasteiger partial charge on any atom is 0.213 e. The van der Waals surface area contributed by atoms with E-state index in [1.54, 1.807) is 6.92 Å². The van der Waals surface area contributed by atoms with Gasteiger partial charge in [-0.15, -0.1) is 0 Å². The number of hydrogen-bond acceptors (Lipinski definition) is 6. The van der Waals surface area contributed by atoms with Gasteiger partial charge in [0, 0.05) is 38.3 Å². The third kappa shape index (κ3) is 5.42. The average Bonchev–Trinajstić information content (AvgIpc) is 2.81. The van der Waals surface area contributed by atoms with Gasteiger partial charge in [0.15, 0.2) is 10.8 Å². The smallest absolute Gasteiger partial charge is 0.213 e. The molecule has 0 bridgehead atoms. The second-order valence-electron chi connectivity index (χ2n) is 8.70. The third-order valence-corrected chi connectivity index (χ3v) is 7.89. The molecule has 0 N–H and O–H groups in total. The lowest BCUT2D eigenvalue weighted by atomic mass is 10.0. The summed E-state index contributed by atoms with van der Waals surface area (Å²) in [6.45, 7) is 4.31. The van der Waals surface area contributed by atoms with Gasteiger partial charge in [0.2, 0.25) is 15.8 Å². The monoisotopic (exact) mass is 486 g/mol. The van der Waals surface area contributed by atoms with Crippen LogP contribution in [0, 0.1) is 18.7 Å². The molecule has 3 heterocycles. The molecule has 0 radical (unpaired) electrons. The van der Waals surface area contributed by atoms with E-state index >= 15 is 4.39 Å². The lowest BCUT2D eigenvalue weighted by molar-refractivity contribution is 0.203. The molecule has 0 unspecified atom stereocenters. The molecule has 180 valence electrons. The highest BCUT2D eigenvalue weighted by atomic mass is 32.2. The molecule has 6 nitrogen and oxygen atoms in total. The number of aromatic nitrogens is 2. The quantitative estimate of drug-likeness (QED) is 0.468. The normalized spacial score (nSPS) is 15.4. The second-order valence-corrected chi connectivity index (χ2v) is 10.6. The second kappa shape index (κ2) is 10.1. The fourth-order valence-electron chi connectivity index (χ4n) is 4.42. The highest BCUT2D eigenvalue weighted by Crippen LogP contribution is 2.30. The van der Waals surface area contributed by atoms with Crippen molar-refractivity contribution in [2.75, 3.05) is 25.0 Å². The first kappa shape index (κ1) is 24.2. The Morgan fingerprint density at radius 3 is 2.44 bits per heavy atom. The Hall–Kier alpha value is -2.91. The van der Waals surface area contributed by atoms with E-state index in [2.05, 4.69) is 27.0 Å². The number of rotatable bonds is 7. The molecule has 2 aromatic heterocycles. The Balaban J connectivity index is 1.45. The summed E-state index contributed by atoms with van der Waals surface area (Å²) in [4.78, 5) is 11.9. The number of benzene rings is 1. The number of pyridine rings is 2. The summed E-state index contributed by atoms with van der Waals surface area (Å²) >= 11 is 0. The van der Waals surface area contributed by atoms with Crippen LogP contribution in [-0.4, -0.2) is 49.5 Å². The van der Waals surface area contributed by atoms with Gasteiger partial charge in [0.25, 0.3) is 0 Å². The first-order valence-electron chi connectivity index (χ1n) is 11.2. The molecule has 1 aliphatic heterocycles. The Labute approximate surface area is 199 Å². The number of nitrogens with zero attached hydrogens (tertiary/aromatic N) is 4. The van der Waals surface area contributed by atoms with Crippen LogP contribution in [0.15, 0.2) is 59.8 Å². The molecule has 1 aliphatic rings. The van der Waals surface area contributed by atoms with Gasteiger partial charge in [-0.2, -0.15) is 4.39 Å². The van der Waals surface area contributed by atoms with Gasteiger partial charge < -0.3 is 4.90 Å². The van der Waals surface area contributed by atoms with Crippen molar-refractivity contribution in [1.29, 1.82) is 0 Å². The largest absolute Gasteiger partial charge is 0.370 e. The van der Waals surface area contributed by atoms with E-state index in [9.17, 15) is 12.8 Å². The highest BCUT2D eigenvalue weighted by molar-refractivity contribution is 7.90.